The number of aromatic amines is 1. The highest BCUT2D eigenvalue weighted by molar-refractivity contribution is 5.75. The van der Waals surface area contributed by atoms with E-state index >= 15 is 0 Å². The molecule has 2 aromatic heterocycles. The molecule has 0 fully saturated rings. The third kappa shape index (κ3) is 3.28. The number of H-pyrrole nitrogens is 1. The maximum Gasteiger partial charge on any atom is 0.416 e. The van der Waals surface area contributed by atoms with Crippen LogP contribution in [-0.4, -0.2) is 19.7 Å². The maximum absolute atomic E-state index is 12.7. The molecule has 0 bridgehead atoms. The van der Waals surface area contributed by atoms with Crippen LogP contribution < -0.4 is 5.56 Å². The number of hydrogen-bond donors (Lipinski definition) is 1. The SMILES string of the molecule is Cc1ccccc1-n1ncc2c(=O)[nH]c(Cc3ccc(C(F)(F)F)cc3)nc21. The first-order valence-corrected chi connectivity index (χ1v) is 8.52. The summed E-state index contributed by atoms with van der Waals surface area (Å²) in [6.45, 7) is 1.93. The first kappa shape index (κ1) is 18.0. The van der Waals surface area contributed by atoms with E-state index in [1.807, 2.05) is 31.2 Å². The van der Waals surface area contributed by atoms with Gasteiger partial charge in [0.15, 0.2) is 5.65 Å². The molecule has 142 valence electrons. The molecule has 2 heterocycles. The van der Waals surface area contributed by atoms with Gasteiger partial charge in [0.1, 0.15) is 11.2 Å². The highest BCUT2D eigenvalue weighted by atomic mass is 19.4. The molecule has 0 amide bonds. The molecule has 0 atom stereocenters. The van der Waals surface area contributed by atoms with Gasteiger partial charge in [-0.2, -0.15) is 18.3 Å². The van der Waals surface area contributed by atoms with Crippen molar-refractivity contribution in [3.8, 4) is 5.69 Å². The van der Waals surface area contributed by atoms with Crippen molar-refractivity contribution in [3.05, 3.63) is 87.6 Å². The molecule has 1 N–H and O–H groups in total. The van der Waals surface area contributed by atoms with Gasteiger partial charge in [-0.15, -0.1) is 0 Å². The lowest BCUT2D eigenvalue weighted by Gasteiger charge is -2.08. The molecule has 4 rings (SSSR count). The molecule has 0 saturated heterocycles. The lowest BCUT2D eigenvalue weighted by atomic mass is 10.1. The van der Waals surface area contributed by atoms with E-state index in [1.54, 1.807) is 4.68 Å². The zero-order valence-corrected chi connectivity index (χ0v) is 14.8. The molecule has 0 unspecified atom stereocenters. The average molecular weight is 384 g/mol. The number of halogens is 3. The van der Waals surface area contributed by atoms with E-state index in [-0.39, 0.29) is 12.0 Å². The van der Waals surface area contributed by atoms with Crippen LogP contribution in [0.5, 0.6) is 0 Å². The number of hydrogen-bond acceptors (Lipinski definition) is 3. The number of fused-ring (bicyclic) bond motifs is 1. The van der Waals surface area contributed by atoms with E-state index in [2.05, 4.69) is 15.1 Å². The molecular formula is C20H15F3N4O. The fraction of sp³-hybridized carbons (Fsp3) is 0.150. The second-order valence-corrected chi connectivity index (χ2v) is 6.46. The van der Waals surface area contributed by atoms with Crippen LogP contribution in [-0.2, 0) is 12.6 Å². The molecule has 5 nitrogen and oxygen atoms in total. The Morgan fingerprint density at radius 3 is 2.46 bits per heavy atom. The van der Waals surface area contributed by atoms with Crippen LogP contribution >= 0.6 is 0 Å². The van der Waals surface area contributed by atoms with Gasteiger partial charge in [-0.25, -0.2) is 9.67 Å². The standard InChI is InChI=1S/C20H15F3N4O/c1-12-4-2-3-5-16(12)27-18-15(11-24-27)19(28)26-17(25-18)10-13-6-8-14(9-7-13)20(21,22)23/h2-9,11H,10H2,1H3,(H,25,26,28). The Kier molecular flexibility index (Phi) is 4.26. The van der Waals surface area contributed by atoms with Crippen molar-refractivity contribution in [3.63, 3.8) is 0 Å². The Balaban J connectivity index is 1.74. The highest BCUT2D eigenvalue weighted by Crippen LogP contribution is 2.29. The van der Waals surface area contributed by atoms with Gasteiger partial charge in [0, 0.05) is 6.42 Å². The molecule has 8 heteroatoms. The summed E-state index contributed by atoms with van der Waals surface area (Å²) in [5, 5.41) is 4.63. The van der Waals surface area contributed by atoms with Crippen molar-refractivity contribution in [2.75, 3.05) is 0 Å². The van der Waals surface area contributed by atoms with E-state index in [9.17, 15) is 18.0 Å². The first-order chi connectivity index (χ1) is 13.3. The minimum Gasteiger partial charge on any atom is -0.310 e. The first-order valence-electron chi connectivity index (χ1n) is 8.52. The Labute approximate surface area is 157 Å². The number of alkyl halides is 3. The van der Waals surface area contributed by atoms with Crippen molar-refractivity contribution in [2.45, 2.75) is 19.5 Å². The average Bonchev–Trinajstić information content (AvgIpc) is 3.06. The van der Waals surface area contributed by atoms with Crippen molar-refractivity contribution >= 4 is 11.0 Å². The molecule has 0 aliphatic heterocycles. The number of aromatic nitrogens is 4. The minimum absolute atomic E-state index is 0.197. The van der Waals surface area contributed by atoms with Crippen LogP contribution in [0.1, 0.15) is 22.5 Å². The zero-order valence-electron chi connectivity index (χ0n) is 14.8. The van der Waals surface area contributed by atoms with Crippen molar-refractivity contribution in [1.29, 1.82) is 0 Å². The molecular weight excluding hydrogens is 369 g/mol. The normalized spacial score (nSPS) is 11.9. The summed E-state index contributed by atoms with van der Waals surface area (Å²) in [6.07, 6.45) is -2.73. The minimum atomic E-state index is -4.38. The predicted octanol–water partition coefficient (Wildman–Crippen LogP) is 4.03. The van der Waals surface area contributed by atoms with Gasteiger partial charge in [-0.05, 0) is 36.2 Å². The third-order valence-electron chi connectivity index (χ3n) is 4.48. The smallest absolute Gasteiger partial charge is 0.310 e. The van der Waals surface area contributed by atoms with E-state index in [4.69, 9.17) is 0 Å². The second kappa shape index (κ2) is 6.63. The summed E-state index contributed by atoms with van der Waals surface area (Å²) in [4.78, 5) is 19.6. The number of aryl methyl sites for hydroxylation is 1. The van der Waals surface area contributed by atoms with E-state index in [1.165, 1.54) is 18.3 Å². The Bertz CT molecular complexity index is 1210. The van der Waals surface area contributed by atoms with Gasteiger partial charge in [-0.1, -0.05) is 30.3 Å². The largest absolute Gasteiger partial charge is 0.416 e. The van der Waals surface area contributed by atoms with Gasteiger partial charge >= 0.3 is 6.18 Å². The third-order valence-corrected chi connectivity index (χ3v) is 4.48. The van der Waals surface area contributed by atoms with E-state index < -0.39 is 11.7 Å². The molecule has 0 saturated carbocycles. The Morgan fingerprint density at radius 2 is 1.79 bits per heavy atom. The number of rotatable bonds is 3. The van der Waals surface area contributed by atoms with Crippen molar-refractivity contribution < 1.29 is 13.2 Å². The number of nitrogens with one attached hydrogen (secondary N) is 1. The van der Waals surface area contributed by atoms with E-state index in [0.717, 1.165) is 23.4 Å². The van der Waals surface area contributed by atoms with Crippen LogP contribution in [0.15, 0.2) is 59.5 Å². The fourth-order valence-corrected chi connectivity index (χ4v) is 3.03. The molecule has 0 spiro atoms. The van der Waals surface area contributed by atoms with Crippen LogP contribution in [0.4, 0.5) is 13.2 Å². The van der Waals surface area contributed by atoms with E-state index in [0.29, 0.717) is 22.4 Å². The van der Waals surface area contributed by atoms with Gasteiger partial charge in [0.05, 0.1) is 17.4 Å². The molecule has 28 heavy (non-hydrogen) atoms. The van der Waals surface area contributed by atoms with Gasteiger partial charge in [0.2, 0.25) is 0 Å². The molecule has 2 aromatic carbocycles. The van der Waals surface area contributed by atoms with Gasteiger partial charge in [0.25, 0.3) is 5.56 Å². The van der Waals surface area contributed by atoms with Gasteiger partial charge in [-0.3, -0.25) is 4.79 Å². The number of para-hydroxylation sites is 1. The topological polar surface area (TPSA) is 63.6 Å². The molecule has 0 aliphatic carbocycles. The maximum atomic E-state index is 12.7. The predicted molar refractivity (Wildman–Crippen MR) is 98.5 cm³/mol. The van der Waals surface area contributed by atoms with Gasteiger partial charge < -0.3 is 4.98 Å². The Hall–Kier alpha value is -3.42. The highest BCUT2D eigenvalue weighted by Gasteiger charge is 2.29. The molecule has 0 aliphatic rings. The fourth-order valence-electron chi connectivity index (χ4n) is 3.03. The number of benzene rings is 2. The summed E-state index contributed by atoms with van der Waals surface area (Å²) in [6, 6.07) is 12.4. The Morgan fingerprint density at radius 1 is 1.07 bits per heavy atom. The molecule has 0 radical (unpaired) electrons. The summed E-state index contributed by atoms with van der Waals surface area (Å²) < 4.78 is 39.7. The van der Waals surface area contributed by atoms with Crippen LogP contribution in [0.3, 0.4) is 0 Å². The second-order valence-electron chi connectivity index (χ2n) is 6.46. The van der Waals surface area contributed by atoms with Crippen LogP contribution in [0.25, 0.3) is 16.7 Å². The van der Waals surface area contributed by atoms with Crippen LogP contribution in [0.2, 0.25) is 0 Å². The van der Waals surface area contributed by atoms with Crippen molar-refractivity contribution in [2.24, 2.45) is 0 Å². The lowest BCUT2D eigenvalue weighted by Crippen LogP contribution is -2.13. The summed E-state index contributed by atoms with van der Waals surface area (Å²) in [7, 11) is 0. The van der Waals surface area contributed by atoms with Crippen LogP contribution in [0, 0.1) is 6.92 Å². The summed E-state index contributed by atoms with van der Waals surface area (Å²) in [5.41, 5.74) is 1.73. The lowest BCUT2D eigenvalue weighted by molar-refractivity contribution is -0.137. The monoisotopic (exact) mass is 384 g/mol. The summed E-state index contributed by atoms with van der Waals surface area (Å²) in [5.74, 6) is 0.354. The molecule has 4 aromatic rings. The summed E-state index contributed by atoms with van der Waals surface area (Å²) >= 11 is 0. The van der Waals surface area contributed by atoms with Crippen molar-refractivity contribution in [1.82, 2.24) is 19.7 Å². The number of nitrogens with zero attached hydrogens (tertiary/aromatic N) is 3. The quantitative estimate of drug-likeness (QED) is 0.580. The zero-order chi connectivity index (χ0) is 19.9.